The van der Waals surface area contributed by atoms with Crippen molar-refractivity contribution in [2.75, 3.05) is 11.9 Å². The molecule has 1 aromatic rings. The lowest BCUT2D eigenvalue weighted by Crippen LogP contribution is -2.28. The zero-order chi connectivity index (χ0) is 14.6. The minimum atomic E-state index is 0.482. The normalized spacial score (nSPS) is 17.1. The fraction of sp³-hybridized carbons (Fsp3) is 0.611. The lowest BCUT2D eigenvalue weighted by molar-refractivity contribution is 0.252. The monoisotopic (exact) mass is 270 g/mol. The summed E-state index contributed by atoms with van der Waals surface area (Å²) in [6, 6.07) is 8.27. The predicted molar refractivity (Wildman–Crippen MR) is 84.7 cm³/mol. The number of hydrogen-bond acceptors (Lipinski definition) is 2. The number of anilines is 1. The van der Waals surface area contributed by atoms with Gasteiger partial charge >= 0.3 is 0 Å². The number of nitriles is 1. The fourth-order valence-electron chi connectivity index (χ4n) is 3.63. The number of nitrogens with zero attached hydrogens (tertiary/aromatic N) is 1. The zero-order valence-electron chi connectivity index (χ0n) is 13.0. The SMILES string of the molecule is Cc1cc(NCC2(CC(C)C)CCCC2)ccc1C#N. The van der Waals surface area contributed by atoms with Crippen LogP contribution in [0.5, 0.6) is 0 Å². The van der Waals surface area contributed by atoms with Crippen LogP contribution in [0.2, 0.25) is 0 Å². The number of hydrogen-bond donors (Lipinski definition) is 1. The second-order valence-corrected chi connectivity index (χ2v) is 6.80. The second kappa shape index (κ2) is 6.31. The van der Waals surface area contributed by atoms with Gasteiger partial charge in [-0.05, 0) is 61.3 Å². The summed E-state index contributed by atoms with van der Waals surface area (Å²) >= 11 is 0. The predicted octanol–water partition coefficient (Wildman–Crippen LogP) is 4.89. The van der Waals surface area contributed by atoms with Crippen molar-refractivity contribution >= 4 is 5.69 Å². The molecule has 1 fully saturated rings. The molecule has 0 bridgehead atoms. The minimum Gasteiger partial charge on any atom is -0.384 e. The van der Waals surface area contributed by atoms with Crippen LogP contribution in [0.4, 0.5) is 5.69 Å². The van der Waals surface area contributed by atoms with Gasteiger partial charge in [0.1, 0.15) is 0 Å². The van der Waals surface area contributed by atoms with Crippen LogP contribution >= 0.6 is 0 Å². The molecule has 108 valence electrons. The molecule has 1 saturated carbocycles. The average Bonchev–Trinajstić information content (AvgIpc) is 2.84. The lowest BCUT2D eigenvalue weighted by atomic mass is 9.78. The second-order valence-electron chi connectivity index (χ2n) is 6.80. The Kier molecular flexibility index (Phi) is 4.70. The van der Waals surface area contributed by atoms with E-state index in [4.69, 9.17) is 5.26 Å². The van der Waals surface area contributed by atoms with Crippen LogP contribution < -0.4 is 5.32 Å². The van der Waals surface area contributed by atoms with Crippen LogP contribution in [0.25, 0.3) is 0 Å². The van der Waals surface area contributed by atoms with Gasteiger partial charge in [0.05, 0.1) is 11.6 Å². The number of aryl methyl sites for hydroxylation is 1. The standard InChI is InChI=1S/C18H26N2/c1-14(2)11-18(8-4-5-9-18)13-20-17-7-6-16(12-19)15(3)10-17/h6-7,10,14,20H,4-5,8-9,11,13H2,1-3H3. The molecule has 0 aromatic heterocycles. The van der Waals surface area contributed by atoms with Gasteiger partial charge in [0, 0.05) is 12.2 Å². The van der Waals surface area contributed by atoms with E-state index in [1.165, 1.54) is 32.1 Å². The Balaban J connectivity index is 2.03. The van der Waals surface area contributed by atoms with Crippen molar-refractivity contribution in [3.05, 3.63) is 29.3 Å². The van der Waals surface area contributed by atoms with E-state index in [-0.39, 0.29) is 0 Å². The highest BCUT2D eigenvalue weighted by Gasteiger charge is 2.34. The third-order valence-electron chi connectivity index (χ3n) is 4.52. The molecule has 0 spiro atoms. The molecule has 0 amide bonds. The summed E-state index contributed by atoms with van der Waals surface area (Å²) in [7, 11) is 0. The van der Waals surface area contributed by atoms with Crippen LogP contribution in [0, 0.1) is 29.6 Å². The minimum absolute atomic E-state index is 0.482. The molecule has 1 aliphatic rings. The van der Waals surface area contributed by atoms with Gasteiger partial charge in [-0.3, -0.25) is 0 Å². The highest BCUT2D eigenvalue weighted by atomic mass is 14.9. The molecule has 2 heteroatoms. The Hall–Kier alpha value is -1.49. The summed E-state index contributed by atoms with van der Waals surface area (Å²) in [5.74, 6) is 0.762. The van der Waals surface area contributed by atoms with Gasteiger partial charge in [0.25, 0.3) is 0 Å². The van der Waals surface area contributed by atoms with Gasteiger partial charge in [0.15, 0.2) is 0 Å². The third-order valence-corrected chi connectivity index (χ3v) is 4.52. The van der Waals surface area contributed by atoms with Gasteiger partial charge in [-0.15, -0.1) is 0 Å². The van der Waals surface area contributed by atoms with E-state index in [0.29, 0.717) is 5.41 Å². The van der Waals surface area contributed by atoms with E-state index < -0.39 is 0 Å². The number of benzene rings is 1. The average molecular weight is 270 g/mol. The molecule has 2 nitrogen and oxygen atoms in total. The summed E-state index contributed by atoms with van der Waals surface area (Å²) in [6.07, 6.45) is 6.78. The van der Waals surface area contributed by atoms with Crippen LogP contribution in [0.1, 0.15) is 57.1 Å². The zero-order valence-corrected chi connectivity index (χ0v) is 13.0. The number of rotatable bonds is 5. The molecular formula is C18H26N2. The maximum Gasteiger partial charge on any atom is 0.0994 e. The Bertz CT molecular complexity index is 491. The van der Waals surface area contributed by atoms with E-state index in [2.05, 4.69) is 31.3 Å². The molecule has 0 unspecified atom stereocenters. The molecular weight excluding hydrogens is 244 g/mol. The van der Waals surface area contributed by atoms with Gasteiger partial charge < -0.3 is 5.32 Å². The largest absolute Gasteiger partial charge is 0.384 e. The fourth-order valence-corrected chi connectivity index (χ4v) is 3.63. The molecule has 1 aromatic carbocycles. The molecule has 0 radical (unpaired) electrons. The van der Waals surface area contributed by atoms with Gasteiger partial charge in [0.2, 0.25) is 0 Å². The van der Waals surface area contributed by atoms with Crippen molar-refractivity contribution in [1.82, 2.24) is 0 Å². The summed E-state index contributed by atoms with van der Waals surface area (Å²) in [5, 5.41) is 12.6. The van der Waals surface area contributed by atoms with E-state index in [1.54, 1.807) is 0 Å². The van der Waals surface area contributed by atoms with Crippen molar-refractivity contribution < 1.29 is 0 Å². The molecule has 20 heavy (non-hydrogen) atoms. The number of nitrogens with one attached hydrogen (secondary N) is 1. The van der Waals surface area contributed by atoms with Crippen molar-refractivity contribution in [2.24, 2.45) is 11.3 Å². The van der Waals surface area contributed by atoms with E-state index in [0.717, 1.165) is 29.3 Å². The van der Waals surface area contributed by atoms with E-state index >= 15 is 0 Å². The smallest absolute Gasteiger partial charge is 0.0994 e. The van der Waals surface area contributed by atoms with Crippen molar-refractivity contribution in [2.45, 2.75) is 52.9 Å². The lowest BCUT2D eigenvalue weighted by Gasteiger charge is -2.31. The summed E-state index contributed by atoms with van der Waals surface area (Å²) in [4.78, 5) is 0. The van der Waals surface area contributed by atoms with Gasteiger partial charge in [-0.25, -0.2) is 0 Å². The van der Waals surface area contributed by atoms with Crippen molar-refractivity contribution in [3.8, 4) is 6.07 Å². The van der Waals surface area contributed by atoms with E-state index in [1.807, 2.05) is 19.1 Å². The first-order chi connectivity index (χ1) is 9.54. The Labute approximate surface area is 123 Å². The molecule has 0 saturated heterocycles. The van der Waals surface area contributed by atoms with Crippen LogP contribution in [0.15, 0.2) is 18.2 Å². The molecule has 0 atom stereocenters. The molecule has 1 aliphatic carbocycles. The molecule has 1 N–H and O–H groups in total. The maximum absolute atomic E-state index is 8.98. The van der Waals surface area contributed by atoms with Crippen molar-refractivity contribution in [3.63, 3.8) is 0 Å². The quantitative estimate of drug-likeness (QED) is 0.827. The van der Waals surface area contributed by atoms with Crippen LogP contribution in [-0.2, 0) is 0 Å². The highest BCUT2D eigenvalue weighted by Crippen LogP contribution is 2.43. The van der Waals surface area contributed by atoms with Crippen LogP contribution in [0.3, 0.4) is 0 Å². The van der Waals surface area contributed by atoms with Gasteiger partial charge in [-0.2, -0.15) is 5.26 Å². The third kappa shape index (κ3) is 3.54. The summed E-state index contributed by atoms with van der Waals surface area (Å²) in [6.45, 7) is 7.72. The van der Waals surface area contributed by atoms with Crippen LogP contribution in [-0.4, -0.2) is 6.54 Å². The van der Waals surface area contributed by atoms with Gasteiger partial charge in [-0.1, -0.05) is 26.7 Å². The summed E-state index contributed by atoms with van der Waals surface area (Å²) in [5.41, 5.74) is 3.46. The van der Waals surface area contributed by atoms with E-state index in [9.17, 15) is 0 Å². The summed E-state index contributed by atoms with van der Waals surface area (Å²) < 4.78 is 0. The molecule has 2 rings (SSSR count). The first kappa shape index (κ1) is 14.9. The molecule has 0 aliphatic heterocycles. The Morgan fingerprint density at radius 2 is 2.00 bits per heavy atom. The topological polar surface area (TPSA) is 35.8 Å². The van der Waals surface area contributed by atoms with Crippen molar-refractivity contribution in [1.29, 1.82) is 5.26 Å². The maximum atomic E-state index is 8.98. The first-order valence-corrected chi connectivity index (χ1v) is 7.79. The Morgan fingerprint density at radius 3 is 2.55 bits per heavy atom. The first-order valence-electron chi connectivity index (χ1n) is 7.79. The Morgan fingerprint density at radius 1 is 1.30 bits per heavy atom. The highest BCUT2D eigenvalue weighted by molar-refractivity contribution is 5.51. The molecule has 0 heterocycles.